The van der Waals surface area contributed by atoms with Gasteiger partial charge in [-0.15, -0.1) is 0 Å². The second-order valence-corrected chi connectivity index (χ2v) is 22.1. The number of rotatable bonds is 12. The summed E-state index contributed by atoms with van der Waals surface area (Å²) in [7, 11) is 0. The van der Waals surface area contributed by atoms with E-state index in [1.165, 1.54) is 64.3 Å². The molecular weight excluding hydrogens is 467 g/mol. The Labute approximate surface area is 182 Å². The Hall–Kier alpha value is -0.551. The average molecular weight is 509 g/mol. The predicted octanol–water partition coefficient (Wildman–Crippen LogP) is 6.53. The van der Waals surface area contributed by atoms with Gasteiger partial charge in [0, 0.05) is 0 Å². The van der Waals surface area contributed by atoms with Crippen molar-refractivity contribution in [3.8, 4) is 0 Å². The van der Waals surface area contributed by atoms with E-state index in [9.17, 15) is 4.79 Å². The maximum absolute atomic E-state index is 11.3. The molecule has 0 bridgehead atoms. The fourth-order valence-electron chi connectivity index (χ4n) is 4.75. The molecule has 29 heavy (non-hydrogen) atoms. The summed E-state index contributed by atoms with van der Waals surface area (Å²) in [5, 5.41) is 0. The number of carbonyl (C=O) groups excluding carboxylic acids is 1. The zero-order valence-corrected chi connectivity index (χ0v) is 22.0. The van der Waals surface area contributed by atoms with Crippen LogP contribution in [0.2, 0.25) is 13.3 Å². The summed E-state index contributed by atoms with van der Waals surface area (Å²) >= 11 is -2.36. The minimum absolute atomic E-state index is 0.0112. The number of hydrogen-bond donors (Lipinski definition) is 0. The van der Waals surface area contributed by atoms with E-state index < -0.39 is 18.4 Å². The van der Waals surface area contributed by atoms with E-state index in [1.807, 2.05) is 0 Å². The zero-order valence-electron chi connectivity index (χ0n) is 19.2. The molecule has 0 aliphatic carbocycles. The third-order valence-electron chi connectivity index (χ3n) is 6.49. The first kappa shape index (κ1) is 24.7. The first-order chi connectivity index (χ1) is 14.0. The molecule has 1 aromatic carbocycles. The third kappa shape index (κ3) is 7.57. The molecule has 0 spiro atoms. The van der Waals surface area contributed by atoms with Gasteiger partial charge in [0.15, 0.2) is 0 Å². The van der Waals surface area contributed by atoms with Crippen molar-refractivity contribution in [2.45, 2.75) is 105 Å². The number of carbonyl (C=O) groups is 1. The van der Waals surface area contributed by atoms with Crippen LogP contribution >= 0.6 is 0 Å². The van der Waals surface area contributed by atoms with Crippen molar-refractivity contribution in [2.75, 3.05) is 6.61 Å². The van der Waals surface area contributed by atoms with Gasteiger partial charge in [-0.25, -0.2) is 0 Å². The molecule has 1 fully saturated rings. The Morgan fingerprint density at radius 2 is 1.55 bits per heavy atom. The SMILES string of the molecule is CCC[CH2][Sn]([CH2]CCC)([CH2]CCC)[c]1ccc([C@H]2C[C@H](OC(C)=O)CCO2)cc1. The van der Waals surface area contributed by atoms with Gasteiger partial charge in [0.2, 0.25) is 0 Å². The number of hydrogen-bond acceptors (Lipinski definition) is 3. The van der Waals surface area contributed by atoms with E-state index >= 15 is 0 Å². The molecule has 1 saturated heterocycles. The molecule has 0 aromatic heterocycles. The van der Waals surface area contributed by atoms with Crippen LogP contribution in [0.5, 0.6) is 0 Å². The molecule has 0 unspecified atom stereocenters. The monoisotopic (exact) mass is 510 g/mol. The second kappa shape index (κ2) is 13.0. The summed E-state index contributed by atoms with van der Waals surface area (Å²) in [5.41, 5.74) is 1.24. The van der Waals surface area contributed by atoms with Gasteiger partial charge in [-0.2, -0.15) is 0 Å². The summed E-state index contributed by atoms with van der Waals surface area (Å²) in [6.07, 6.45) is 9.71. The average Bonchev–Trinajstić information content (AvgIpc) is 2.73. The molecule has 4 heteroatoms. The number of unbranched alkanes of at least 4 members (excludes halogenated alkanes) is 3. The van der Waals surface area contributed by atoms with Gasteiger partial charge in [-0.3, -0.25) is 0 Å². The molecule has 1 heterocycles. The van der Waals surface area contributed by atoms with Gasteiger partial charge >= 0.3 is 183 Å². The van der Waals surface area contributed by atoms with Gasteiger partial charge in [0.1, 0.15) is 0 Å². The first-order valence-corrected chi connectivity index (χ1v) is 19.4. The van der Waals surface area contributed by atoms with Crippen molar-refractivity contribution in [1.29, 1.82) is 0 Å². The Morgan fingerprint density at radius 1 is 1.00 bits per heavy atom. The molecule has 2 rings (SSSR count). The fraction of sp³-hybridized carbons (Fsp3) is 0.720. The van der Waals surface area contributed by atoms with Crippen LogP contribution in [-0.4, -0.2) is 37.1 Å². The van der Waals surface area contributed by atoms with Gasteiger partial charge < -0.3 is 0 Å². The third-order valence-corrected chi connectivity index (χ3v) is 22.2. The number of esters is 1. The quantitative estimate of drug-likeness (QED) is 0.238. The predicted molar refractivity (Wildman–Crippen MR) is 124 cm³/mol. The van der Waals surface area contributed by atoms with Crippen LogP contribution in [0.3, 0.4) is 0 Å². The van der Waals surface area contributed by atoms with Crippen molar-refractivity contribution in [3.63, 3.8) is 0 Å². The molecular formula is C25H42O3Sn. The number of ether oxygens (including phenoxy) is 2. The Morgan fingerprint density at radius 3 is 2.03 bits per heavy atom. The van der Waals surface area contributed by atoms with Crippen LogP contribution in [-0.2, 0) is 14.3 Å². The van der Waals surface area contributed by atoms with E-state index in [4.69, 9.17) is 9.47 Å². The minimum atomic E-state index is -2.36. The molecule has 1 aromatic rings. The Bertz CT molecular complexity index is 577. The van der Waals surface area contributed by atoms with Gasteiger partial charge in [-0.05, 0) is 0 Å². The molecule has 1 aliphatic rings. The zero-order chi connectivity index (χ0) is 21.1. The summed E-state index contributed by atoms with van der Waals surface area (Å²) in [6.45, 7) is 9.16. The summed E-state index contributed by atoms with van der Waals surface area (Å²) in [4.78, 5) is 11.3. The van der Waals surface area contributed by atoms with Crippen LogP contribution in [0.1, 0.15) is 90.7 Å². The van der Waals surface area contributed by atoms with Gasteiger partial charge in [0.25, 0.3) is 0 Å². The molecule has 2 atom stereocenters. The standard InChI is InChI=1S/C13H15O3.3C4H9.Sn/c1-10(14)16-12-7-8-15-13(9-12)11-5-3-2-4-6-11;3*1-3-4-2;/h3-6,12-13H,7-9H2,1H3;3*1,3-4H2,2H3;/t12-,13-;;;;/m1..../s1. The van der Waals surface area contributed by atoms with E-state index in [-0.39, 0.29) is 18.2 Å². The molecule has 3 nitrogen and oxygen atoms in total. The summed E-state index contributed by atoms with van der Waals surface area (Å²) < 4.78 is 17.7. The molecule has 0 N–H and O–H groups in total. The normalized spacial score (nSPS) is 19.9. The van der Waals surface area contributed by atoms with E-state index in [0.717, 1.165) is 12.8 Å². The first-order valence-electron chi connectivity index (χ1n) is 11.9. The van der Waals surface area contributed by atoms with Gasteiger partial charge in [0.05, 0.1) is 0 Å². The Balaban J connectivity index is 2.18. The molecule has 164 valence electrons. The number of benzene rings is 1. The summed E-state index contributed by atoms with van der Waals surface area (Å²) in [6, 6.07) is 9.52. The molecule has 1 aliphatic heterocycles. The van der Waals surface area contributed by atoms with Crippen LogP contribution < -0.4 is 3.58 Å². The van der Waals surface area contributed by atoms with Crippen molar-refractivity contribution in [1.82, 2.24) is 0 Å². The van der Waals surface area contributed by atoms with E-state index in [1.54, 1.807) is 3.58 Å². The van der Waals surface area contributed by atoms with E-state index in [0.29, 0.717) is 6.61 Å². The maximum atomic E-state index is 11.3. The topological polar surface area (TPSA) is 35.5 Å². The molecule has 0 radical (unpaired) electrons. The summed E-state index contributed by atoms with van der Waals surface area (Å²) in [5.74, 6) is -0.187. The van der Waals surface area contributed by atoms with Crippen molar-refractivity contribution < 1.29 is 14.3 Å². The van der Waals surface area contributed by atoms with Crippen LogP contribution in [0.15, 0.2) is 24.3 Å². The molecule has 0 amide bonds. The van der Waals surface area contributed by atoms with Crippen LogP contribution in [0, 0.1) is 0 Å². The van der Waals surface area contributed by atoms with Crippen molar-refractivity contribution >= 4 is 27.9 Å². The van der Waals surface area contributed by atoms with Crippen molar-refractivity contribution in [3.05, 3.63) is 29.8 Å². The molecule has 0 saturated carbocycles. The van der Waals surface area contributed by atoms with Crippen LogP contribution in [0.4, 0.5) is 0 Å². The van der Waals surface area contributed by atoms with Crippen molar-refractivity contribution in [2.24, 2.45) is 0 Å². The van der Waals surface area contributed by atoms with Gasteiger partial charge in [-0.1, -0.05) is 0 Å². The second-order valence-electron chi connectivity index (χ2n) is 8.83. The fourth-order valence-corrected chi connectivity index (χ4v) is 20.7. The van der Waals surface area contributed by atoms with E-state index in [2.05, 4.69) is 45.0 Å². The Kier molecular flexibility index (Phi) is 11.1. The van der Waals surface area contributed by atoms with Crippen LogP contribution in [0.25, 0.3) is 0 Å².